The van der Waals surface area contributed by atoms with Gasteiger partial charge in [-0.2, -0.15) is 0 Å². The van der Waals surface area contributed by atoms with Crippen molar-refractivity contribution in [1.29, 1.82) is 0 Å². The summed E-state index contributed by atoms with van der Waals surface area (Å²) in [7, 11) is 0. The van der Waals surface area contributed by atoms with Crippen LogP contribution in [0.4, 0.5) is 11.4 Å². The van der Waals surface area contributed by atoms with Gasteiger partial charge in [0.2, 0.25) is 0 Å². The molecular weight excluding hydrogens is 268 g/mol. The molecule has 0 amide bonds. The molecule has 0 aliphatic carbocycles. The fourth-order valence-corrected chi connectivity index (χ4v) is 2.17. The average molecular weight is 280 g/mol. The summed E-state index contributed by atoms with van der Waals surface area (Å²) in [6.07, 6.45) is 0. The molecule has 0 aliphatic heterocycles. The number of rotatable bonds is 3. The Kier molecular flexibility index (Phi) is 3.16. The van der Waals surface area contributed by atoms with E-state index in [1.807, 2.05) is 42.5 Å². The molecule has 0 aliphatic rings. The number of nitrogens with zero attached hydrogens (tertiary/aromatic N) is 1. The van der Waals surface area contributed by atoms with Crippen LogP contribution >= 0.6 is 0 Å². The lowest BCUT2D eigenvalue weighted by atomic mass is 10.1. The third-order valence-electron chi connectivity index (χ3n) is 3.17. The van der Waals surface area contributed by atoms with Crippen LogP contribution in [-0.4, -0.2) is 4.92 Å². The summed E-state index contributed by atoms with van der Waals surface area (Å²) < 4.78 is 5.80. The van der Waals surface area contributed by atoms with E-state index < -0.39 is 4.92 Å². The normalized spacial score (nSPS) is 10.5. The van der Waals surface area contributed by atoms with E-state index in [9.17, 15) is 10.1 Å². The highest BCUT2D eigenvalue weighted by molar-refractivity contribution is 5.88. The number of hydrogen-bond donors (Lipinski definition) is 1. The molecule has 0 saturated heterocycles. The first-order chi connectivity index (χ1) is 10.1. The lowest BCUT2D eigenvalue weighted by Crippen LogP contribution is -1.96. The summed E-state index contributed by atoms with van der Waals surface area (Å²) in [5.74, 6) is 1.15. The monoisotopic (exact) mass is 280 g/mol. The molecule has 5 nitrogen and oxygen atoms in total. The molecule has 0 fully saturated rings. The zero-order chi connectivity index (χ0) is 14.8. The van der Waals surface area contributed by atoms with E-state index in [0.29, 0.717) is 11.5 Å². The van der Waals surface area contributed by atoms with Crippen molar-refractivity contribution in [2.75, 3.05) is 5.73 Å². The van der Waals surface area contributed by atoms with E-state index in [1.54, 1.807) is 0 Å². The second kappa shape index (κ2) is 5.13. The molecule has 0 bridgehead atoms. The topological polar surface area (TPSA) is 78.4 Å². The molecule has 3 rings (SSSR count). The molecule has 0 spiro atoms. The fourth-order valence-electron chi connectivity index (χ4n) is 2.17. The number of nitro benzene ring substituents is 1. The maximum Gasteiger partial charge on any atom is 0.292 e. The van der Waals surface area contributed by atoms with Crippen molar-refractivity contribution >= 4 is 22.1 Å². The molecule has 0 unspecified atom stereocenters. The Morgan fingerprint density at radius 2 is 1.76 bits per heavy atom. The van der Waals surface area contributed by atoms with Gasteiger partial charge in [0, 0.05) is 17.5 Å². The largest absolute Gasteiger partial charge is 0.457 e. The summed E-state index contributed by atoms with van der Waals surface area (Å²) in [4.78, 5) is 10.2. The standard InChI is InChI=1S/C16H12N2O3/c17-14-10-12(8-9-15(14)18(19)20)21-16-7-3-5-11-4-1-2-6-13(11)16/h1-10H,17H2. The predicted octanol–water partition coefficient (Wildman–Crippen LogP) is 4.12. The highest BCUT2D eigenvalue weighted by atomic mass is 16.6. The summed E-state index contributed by atoms with van der Waals surface area (Å²) in [6, 6.07) is 17.9. The van der Waals surface area contributed by atoms with Crippen LogP contribution in [0.3, 0.4) is 0 Å². The van der Waals surface area contributed by atoms with Crippen LogP contribution in [0.1, 0.15) is 0 Å². The number of nitrogens with two attached hydrogens (primary N) is 1. The van der Waals surface area contributed by atoms with Gasteiger partial charge in [0.15, 0.2) is 0 Å². The Morgan fingerprint density at radius 1 is 1.00 bits per heavy atom. The van der Waals surface area contributed by atoms with Crippen molar-refractivity contribution < 1.29 is 9.66 Å². The number of ether oxygens (including phenoxy) is 1. The molecule has 0 aromatic heterocycles. The number of nitrogen functional groups attached to an aromatic ring is 1. The smallest absolute Gasteiger partial charge is 0.292 e. The Morgan fingerprint density at radius 3 is 2.52 bits per heavy atom. The van der Waals surface area contributed by atoms with Gasteiger partial charge in [-0.15, -0.1) is 0 Å². The number of nitro groups is 1. The average Bonchev–Trinajstić information content (AvgIpc) is 2.47. The van der Waals surface area contributed by atoms with Crippen LogP contribution in [-0.2, 0) is 0 Å². The second-order valence-electron chi connectivity index (χ2n) is 4.56. The lowest BCUT2D eigenvalue weighted by molar-refractivity contribution is -0.383. The van der Waals surface area contributed by atoms with E-state index in [1.165, 1.54) is 18.2 Å². The zero-order valence-electron chi connectivity index (χ0n) is 11.0. The molecule has 5 heteroatoms. The first-order valence-electron chi connectivity index (χ1n) is 6.35. The molecule has 3 aromatic rings. The van der Waals surface area contributed by atoms with Crippen molar-refractivity contribution in [2.45, 2.75) is 0 Å². The van der Waals surface area contributed by atoms with E-state index in [0.717, 1.165) is 10.8 Å². The lowest BCUT2D eigenvalue weighted by Gasteiger charge is -2.09. The van der Waals surface area contributed by atoms with Crippen LogP contribution in [0, 0.1) is 10.1 Å². The molecular formula is C16H12N2O3. The minimum atomic E-state index is -0.517. The van der Waals surface area contributed by atoms with Gasteiger partial charge in [-0.25, -0.2) is 0 Å². The van der Waals surface area contributed by atoms with Gasteiger partial charge < -0.3 is 10.5 Å². The SMILES string of the molecule is Nc1cc(Oc2cccc3ccccc23)ccc1[N+](=O)[O-]. The first-order valence-corrected chi connectivity index (χ1v) is 6.35. The van der Waals surface area contributed by atoms with Crippen molar-refractivity contribution in [2.24, 2.45) is 0 Å². The molecule has 0 saturated carbocycles. The third-order valence-corrected chi connectivity index (χ3v) is 3.17. The quantitative estimate of drug-likeness (QED) is 0.444. The Hall–Kier alpha value is -3.08. The third kappa shape index (κ3) is 2.49. The van der Waals surface area contributed by atoms with Crippen molar-refractivity contribution in [3.63, 3.8) is 0 Å². The maximum absolute atomic E-state index is 10.8. The van der Waals surface area contributed by atoms with E-state index >= 15 is 0 Å². The molecule has 3 aromatic carbocycles. The zero-order valence-corrected chi connectivity index (χ0v) is 11.0. The summed E-state index contributed by atoms with van der Waals surface area (Å²) in [6.45, 7) is 0. The highest BCUT2D eigenvalue weighted by Crippen LogP contribution is 2.32. The predicted molar refractivity (Wildman–Crippen MR) is 81.5 cm³/mol. The first kappa shape index (κ1) is 12.9. The van der Waals surface area contributed by atoms with Gasteiger partial charge >= 0.3 is 0 Å². The molecule has 0 radical (unpaired) electrons. The summed E-state index contributed by atoms with van der Waals surface area (Å²) >= 11 is 0. The van der Waals surface area contributed by atoms with E-state index in [-0.39, 0.29) is 11.4 Å². The van der Waals surface area contributed by atoms with Crippen LogP contribution < -0.4 is 10.5 Å². The number of fused-ring (bicyclic) bond motifs is 1. The minimum absolute atomic E-state index is 0.0812. The molecule has 104 valence electrons. The van der Waals surface area contributed by atoms with Gasteiger partial charge in [-0.05, 0) is 17.5 Å². The second-order valence-corrected chi connectivity index (χ2v) is 4.56. The van der Waals surface area contributed by atoms with E-state index in [4.69, 9.17) is 10.5 Å². The van der Waals surface area contributed by atoms with Crippen LogP contribution in [0.25, 0.3) is 10.8 Å². The van der Waals surface area contributed by atoms with Gasteiger partial charge in [0.05, 0.1) is 4.92 Å². The van der Waals surface area contributed by atoms with Crippen molar-refractivity contribution in [3.05, 3.63) is 70.8 Å². The van der Waals surface area contributed by atoms with Gasteiger partial charge in [0.1, 0.15) is 17.2 Å². The number of anilines is 1. The fraction of sp³-hybridized carbons (Fsp3) is 0. The molecule has 2 N–H and O–H groups in total. The number of benzene rings is 3. The Labute approximate surface area is 120 Å². The minimum Gasteiger partial charge on any atom is -0.457 e. The van der Waals surface area contributed by atoms with Crippen LogP contribution in [0.5, 0.6) is 11.5 Å². The maximum atomic E-state index is 10.8. The number of hydrogen-bond acceptors (Lipinski definition) is 4. The van der Waals surface area contributed by atoms with Gasteiger partial charge in [0.25, 0.3) is 5.69 Å². The Bertz CT molecular complexity index is 825. The highest BCUT2D eigenvalue weighted by Gasteiger charge is 2.12. The van der Waals surface area contributed by atoms with Gasteiger partial charge in [-0.3, -0.25) is 10.1 Å². The summed E-state index contributed by atoms with van der Waals surface area (Å²) in [5, 5.41) is 12.8. The molecule has 0 atom stereocenters. The van der Waals surface area contributed by atoms with E-state index in [2.05, 4.69) is 0 Å². The van der Waals surface area contributed by atoms with Crippen LogP contribution in [0.15, 0.2) is 60.7 Å². The molecule has 21 heavy (non-hydrogen) atoms. The molecule has 0 heterocycles. The summed E-state index contributed by atoms with van der Waals surface area (Å²) in [5.41, 5.74) is 5.62. The van der Waals surface area contributed by atoms with Crippen LogP contribution in [0.2, 0.25) is 0 Å². The Balaban J connectivity index is 1.99. The van der Waals surface area contributed by atoms with Crippen molar-refractivity contribution in [3.8, 4) is 11.5 Å². The van der Waals surface area contributed by atoms with Gasteiger partial charge in [-0.1, -0.05) is 36.4 Å². The van der Waals surface area contributed by atoms with Crippen molar-refractivity contribution in [1.82, 2.24) is 0 Å².